The molecule has 0 aromatic carbocycles. The van der Waals surface area contributed by atoms with Crippen LogP contribution in [0, 0.1) is 23.2 Å². The van der Waals surface area contributed by atoms with Crippen LogP contribution in [0.5, 0.6) is 0 Å². The molecule has 0 spiro atoms. The van der Waals surface area contributed by atoms with Gasteiger partial charge < -0.3 is 10.2 Å². The molecule has 124 valence electrons. The van der Waals surface area contributed by atoms with E-state index in [-0.39, 0.29) is 0 Å². The SMILES string of the molecule is CC1CCN(CCNCC2CCC(C(C)(C)C)CC2)CC1. The molecule has 1 N–H and O–H groups in total. The Kier molecular flexibility index (Phi) is 6.55. The van der Waals surface area contributed by atoms with E-state index in [4.69, 9.17) is 0 Å². The number of nitrogens with one attached hydrogen (secondary N) is 1. The first-order valence-corrected chi connectivity index (χ1v) is 9.38. The number of piperidine rings is 1. The molecule has 2 fully saturated rings. The molecule has 21 heavy (non-hydrogen) atoms. The molecule has 1 heterocycles. The average molecular weight is 295 g/mol. The van der Waals surface area contributed by atoms with Crippen LogP contribution in [0.2, 0.25) is 0 Å². The lowest BCUT2D eigenvalue weighted by Gasteiger charge is -2.37. The quantitative estimate of drug-likeness (QED) is 0.766. The normalized spacial score (nSPS) is 29.7. The number of rotatable bonds is 5. The van der Waals surface area contributed by atoms with E-state index in [2.05, 4.69) is 37.9 Å². The van der Waals surface area contributed by atoms with Gasteiger partial charge in [-0.2, -0.15) is 0 Å². The van der Waals surface area contributed by atoms with Gasteiger partial charge in [0.15, 0.2) is 0 Å². The Morgan fingerprint density at radius 2 is 1.57 bits per heavy atom. The van der Waals surface area contributed by atoms with E-state index in [0.717, 1.165) is 17.8 Å². The summed E-state index contributed by atoms with van der Waals surface area (Å²) in [4.78, 5) is 2.64. The molecule has 1 aliphatic heterocycles. The highest BCUT2D eigenvalue weighted by molar-refractivity contribution is 4.81. The van der Waals surface area contributed by atoms with Crippen molar-refractivity contribution in [3.8, 4) is 0 Å². The molecule has 0 bridgehead atoms. The fourth-order valence-electron chi connectivity index (χ4n) is 4.06. The van der Waals surface area contributed by atoms with Crippen LogP contribution in [-0.4, -0.2) is 37.6 Å². The maximum Gasteiger partial charge on any atom is 0.0107 e. The average Bonchev–Trinajstić information content (AvgIpc) is 2.45. The Bertz CT molecular complexity index is 278. The first-order chi connectivity index (χ1) is 9.95. The standard InChI is InChI=1S/C19H38N2/c1-16-9-12-21(13-10-16)14-11-20-15-17-5-7-18(8-6-17)19(2,3)4/h16-18,20H,5-15H2,1-4H3. The second-order valence-electron chi connectivity index (χ2n) is 8.81. The van der Waals surface area contributed by atoms with Crippen LogP contribution < -0.4 is 5.32 Å². The molecule has 2 aliphatic rings. The third kappa shape index (κ3) is 5.90. The molecule has 0 aromatic rings. The van der Waals surface area contributed by atoms with Crippen molar-refractivity contribution in [3.05, 3.63) is 0 Å². The fraction of sp³-hybridized carbons (Fsp3) is 1.00. The summed E-state index contributed by atoms with van der Waals surface area (Å²) in [6.45, 7) is 16.0. The minimum absolute atomic E-state index is 0.518. The van der Waals surface area contributed by atoms with Crippen molar-refractivity contribution in [2.75, 3.05) is 32.7 Å². The summed E-state index contributed by atoms with van der Waals surface area (Å²) in [6.07, 6.45) is 8.57. The van der Waals surface area contributed by atoms with Crippen LogP contribution in [0.4, 0.5) is 0 Å². The van der Waals surface area contributed by atoms with Gasteiger partial charge in [0.2, 0.25) is 0 Å². The van der Waals surface area contributed by atoms with Crippen molar-refractivity contribution in [2.45, 2.75) is 66.2 Å². The summed E-state index contributed by atoms with van der Waals surface area (Å²) < 4.78 is 0. The van der Waals surface area contributed by atoms with Crippen LogP contribution in [0.15, 0.2) is 0 Å². The molecule has 0 atom stereocenters. The molecule has 0 amide bonds. The van der Waals surface area contributed by atoms with Crippen LogP contribution in [-0.2, 0) is 0 Å². The summed E-state index contributed by atoms with van der Waals surface area (Å²) in [6, 6.07) is 0. The first kappa shape index (κ1) is 17.3. The number of nitrogens with zero attached hydrogens (tertiary/aromatic N) is 1. The lowest BCUT2D eigenvalue weighted by molar-refractivity contribution is 0.147. The van der Waals surface area contributed by atoms with E-state index < -0.39 is 0 Å². The minimum atomic E-state index is 0.518. The minimum Gasteiger partial charge on any atom is -0.315 e. The molecule has 2 heteroatoms. The van der Waals surface area contributed by atoms with Gasteiger partial charge in [0.25, 0.3) is 0 Å². The van der Waals surface area contributed by atoms with Gasteiger partial charge in [0, 0.05) is 13.1 Å². The number of hydrogen-bond acceptors (Lipinski definition) is 2. The van der Waals surface area contributed by atoms with Gasteiger partial charge in [-0.3, -0.25) is 0 Å². The maximum atomic E-state index is 3.73. The van der Waals surface area contributed by atoms with Crippen LogP contribution >= 0.6 is 0 Å². The third-order valence-corrected chi connectivity index (χ3v) is 5.99. The lowest BCUT2D eigenvalue weighted by Crippen LogP contribution is -2.39. The number of likely N-dealkylation sites (tertiary alicyclic amines) is 1. The summed E-state index contributed by atoms with van der Waals surface area (Å²) >= 11 is 0. The largest absolute Gasteiger partial charge is 0.315 e. The predicted molar refractivity (Wildman–Crippen MR) is 92.6 cm³/mol. The summed E-state index contributed by atoms with van der Waals surface area (Å²) in [5, 5.41) is 3.73. The van der Waals surface area contributed by atoms with E-state index in [1.165, 1.54) is 71.2 Å². The second-order valence-corrected chi connectivity index (χ2v) is 8.81. The second kappa shape index (κ2) is 7.97. The van der Waals surface area contributed by atoms with Gasteiger partial charge >= 0.3 is 0 Å². The van der Waals surface area contributed by atoms with Gasteiger partial charge in [-0.15, -0.1) is 0 Å². The van der Waals surface area contributed by atoms with E-state index in [1.54, 1.807) is 0 Å². The molecule has 0 unspecified atom stereocenters. The van der Waals surface area contributed by atoms with Gasteiger partial charge in [-0.05, 0) is 81.3 Å². The van der Waals surface area contributed by atoms with Gasteiger partial charge in [-0.25, -0.2) is 0 Å². The molecule has 1 aliphatic carbocycles. The van der Waals surface area contributed by atoms with Crippen molar-refractivity contribution in [3.63, 3.8) is 0 Å². The monoisotopic (exact) mass is 294 g/mol. The van der Waals surface area contributed by atoms with E-state index in [9.17, 15) is 0 Å². The maximum absolute atomic E-state index is 3.73. The fourth-order valence-corrected chi connectivity index (χ4v) is 4.06. The Labute approximate surface area is 133 Å². The Hall–Kier alpha value is -0.0800. The summed E-state index contributed by atoms with van der Waals surface area (Å²) in [5.41, 5.74) is 0.518. The zero-order valence-corrected chi connectivity index (χ0v) is 15.0. The predicted octanol–water partition coefficient (Wildman–Crippen LogP) is 4.16. The zero-order valence-electron chi connectivity index (χ0n) is 15.0. The van der Waals surface area contributed by atoms with Crippen molar-refractivity contribution in [1.29, 1.82) is 0 Å². The van der Waals surface area contributed by atoms with E-state index >= 15 is 0 Å². The Morgan fingerprint density at radius 3 is 2.14 bits per heavy atom. The zero-order chi connectivity index (χ0) is 15.3. The third-order valence-electron chi connectivity index (χ3n) is 5.99. The Morgan fingerprint density at radius 1 is 0.952 bits per heavy atom. The molecule has 2 rings (SSSR count). The van der Waals surface area contributed by atoms with Crippen LogP contribution in [0.1, 0.15) is 66.2 Å². The topological polar surface area (TPSA) is 15.3 Å². The van der Waals surface area contributed by atoms with Crippen molar-refractivity contribution < 1.29 is 0 Å². The van der Waals surface area contributed by atoms with Crippen LogP contribution in [0.3, 0.4) is 0 Å². The molecule has 0 radical (unpaired) electrons. The molecule has 1 saturated carbocycles. The molecule has 2 nitrogen and oxygen atoms in total. The highest BCUT2D eigenvalue weighted by Gasteiger charge is 2.29. The summed E-state index contributed by atoms with van der Waals surface area (Å²) in [7, 11) is 0. The lowest BCUT2D eigenvalue weighted by atomic mass is 9.70. The van der Waals surface area contributed by atoms with E-state index in [0.29, 0.717) is 5.41 Å². The molecule has 1 saturated heterocycles. The van der Waals surface area contributed by atoms with E-state index in [1.807, 2.05) is 0 Å². The Balaban J connectivity index is 1.52. The van der Waals surface area contributed by atoms with Crippen molar-refractivity contribution >= 4 is 0 Å². The van der Waals surface area contributed by atoms with Crippen LogP contribution in [0.25, 0.3) is 0 Å². The van der Waals surface area contributed by atoms with Gasteiger partial charge in [-0.1, -0.05) is 27.7 Å². The summed E-state index contributed by atoms with van der Waals surface area (Å²) in [5.74, 6) is 2.83. The molecular weight excluding hydrogens is 256 g/mol. The highest BCUT2D eigenvalue weighted by Crippen LogP contribution is 2.39. The van der Waals surface area contributed by atoms with Crippen molar-refractivity contribution in [2.24, 2.45) is 23.2 Å². The van der Waals surface area contributed by atoms with Crippen molar-refractivity contribution in [1.82, 2.24) is 10.2 Å². The van der Waals surface area contributed by atoms with Gasteiger partial charge in [0.1, 0.15) is 0 Å². The molecular formula is C19H38N2. The smallest absolute Gasteiger partial charge is 0.0107 e. The van der Waals surface area contributed by atoms with Gasteiger partial charge in [0.05, 0.1) is 0 Å². The number of hydrogen-bond donors (Lipinski definition) is 1. The highest BCUT2D eigenvalue weighted by atomic mass is 15.1. The first-order valence-electron chi connectivity index (χ1n) is 9.38. The molecule has 0 aromatic heterocycles.